The van der Waals surface area contributed by atoms with Crippen LogP contribution in [0.4, 0.5) is 10.1 Å². The van der Waals surface area contributed by atoms with E-state index in [1.165, 1.54) is 24.3 Å². The second-order valence-electron chi connectivity index (χ2n) is 5.43. The first-order valence-electron chi connectivity index (χ1n) is 7.55. The van der Waals surface area contributed by atoms with Crippen LogP contribution in [0.1, 0.15) is 17.9 Å². The van der Waals surface area contributed by atoms with Crippen LogP contribution in [0.5, 0.6) is 0 Å². The minimum absolute atomic E-state index is 0.198. The number of halogens is 1. The van der Waals surface area contributed by atoms with E-state index in [9.17, 15) is 9.18 Å². The zero-order valence-corrected chi connectivity index (χ0v) is 13.1. The summed E-state index contributed by atoms with van der Waals surface area (Å²) in [7, 11) is 0. The summed E-state index contributed by atoms with van der Waals surface area (Å²) < 4.78 is 18.0. The van der Waals surface area contributed by atoms with Crippen LogP contribution in [-0.4, -0.2) is 16.0 Å². The minimum atomic E-state index is -0.345. The van der Waals surface area contributed by atoms with Crippen LogP contribution < -0.4 is 5.32 Å². The predicted molar refractivity (Wildman–Crippen MR) is 87.8 cm³/mol. The molecule has 1 heterocycles. The molecule has 2 aromatic carbocycles. The van der Waals surface area contributed by atoms with E-state index in [0.29, 0.717) is 23.8 Å². The van der Waals surface area contributed by atoms with Crippen molar-refractivity contribution in [1.82, 2.24) is 10.1 Å². The summed E-state index contributed by atoms with van der Waals surface area (Å²) in [6.07, 6.45) is 0.540. The Morgan fingerprint density at radius 1 is 1.12 bits per heavy atom. The van der Waals surface area contributed by atoms with Gasteiger partial charge in [0.15, 0.2) is 0 Å². The summed E-state index contributed by atoms with van der Waals surface area (Å²) in [4.78, 5) is 16.2. The summed E-state index contributed by atoms with van der Waals surface area (Å²) >= 11 is 0. The molecule has 1 aromatic heterocycles. The van der Waals surface area contributed by atoms with Crippen LogP contribution in [-0.2, 0) is 11.2 Å². The van der Waals surface area contributed by atoms with E-state index in [1.54, 1.807) is 0 Å². The van der Waals surface area contributed by atoms with Gasteiger partial charge in [-0.2, -0.15) is 4.98 Å². The Morgan fingerprint density at radius 3 is 2.54 bits per heavy atom. The number of nitrogens with zero attached hydrogens (tertiary/aromatic N) is 2. The van der Waals surface area contributed by atoms with Crippen molar-refractivity contribution in [2.45, 2.75) is 19.8 Å². The lowest BCUT2D eigenvalue weighted by molar-refractivity contribution is -0.116. The van der Waals surface area contributed by atoms with Gasteiger partial charge in [0.05, 0.1) is 0 Å². The minimum Gasteiger partial charge on any atom is -0.339 e. The molecule has 0 unspecified atom stereocenters. The van der Waals surface area contributed by atoms with Crippen molar-refractivity contribution in [2.24, 2.45) is 0 Å². The highest BCUT2D eigenvalue weighted by Crippen LogP contribution is 2.17. The zero-order valence-electron chi connectivity index (χ0n) is 13.1. The normalized spacial score (nSPS) is 10.6. The number of benzene rings is 2. The molecular weight excluding hydrogens is 309 g/mol. The maximum absolute atomic E-state index is 12.8. The highest BCUT2D eigenvalue weighted by molar-refractivity contribution is 5.90. The fourth-order valence-corrected chi connectivity index (χ4v) is 2.15. The van der Waals surface area contributed by atoms with Gasteiger partial charge in [-0.3, -0.25) is 4.79 Å². The Bertz CT molecular complexity index is 826. The fourth-order valence-electron chi connectivity index (χ4n) is 2.15. The first kappa shape index (κ1) is 15.9. The van der Waals surface area contributed by atoms with E-state index < -0.39 is 0 Å². The van der Waals surface area contributed by atoms with E-state index in [2.05, 4.69) is 15.5 Å². The van der Waals surface area contributed by atoms with Gasteiger partial charge in [-0.15, -0.1) is 0 Å². The molecule has 3 rings (SSSR count). The Labute approximate surface area is 138 Å². The van der Waals surface area contributed by atoms with Crippen molar-refractivity contribution >= 4 is 11.6 Å². The third-order valence-corrected chi connectivity index (χ3v) is 3.47. The highest BCUT2D eigenvalue weighted by atomic mass is 19.1. The molecule has 6 heteroatoms. The van der Waals surface area contributed by atoms with Crippen LogP contribution in [0.25, 0.3) is 11.4 Å². The third kappa shape index (κ3) is 4.04. The van der Waals surface area contributed by atoms with Crippen molar-refractivity contribution in [3.8, 4) is 11.4 Å². The van der Waals surface area contributed by atoms with Gasteiger partial charge in [-0.05, 0) is 31.2 Å². The van der Waals surface area contributed by atoms with Gasteiger partial charge in [-0.1, -0.05) is 35.0 Å². The van der Waals surface area contributed by atoms with Crippen molar-refractivity contribution in [1.29, 1.82) is 0 Å². The summed E-state index contributed by atoms with van der Waals surface area (Å²) in [5, 5.41) is 6.62. The van der Waals surface area contributed by atoms with Crippen LogP contribution in [0, 0.1) is 12.7 Å². The monoisotopic (exact) mass is 325 g/mol. The quantitative estimate of drug-likeness (QED) is 0.775. The van der Waals surface area contributed by atoms with Crippen LogP contribution in [0.3, 0.4) is 0 Å². The molecule has 0 spiro atoms. The molecule has 3 aromatic rings. The molecule has 0 fully saturated rings. The van der Waals surface area contributed by atoms with E-state index in [4.69, 9.17) is 4.52 Å². The van der Waals surface area contributed by atoms with Gasteiger partial charge in [0.2, 0.25) is 17.6 Å². The number of rotatable bonds is 5. The number of aromatic nitrogens is 2. The number of hydrogen-bond donors (Lipinski definition) is 1. The smallest absolute Gasteiger partial charge is 0.227 e. The lowest BCUT2D eigenvalue weighted by Crippen LogP contribution is -2.12. The van der Waals surface area contributed by atoms with Crippen LogP contribution in [0.15, 0.2) is 53.1 Å². The average Bonchev–Trinajstić information content (AvgIpc) is 3.05. The Balaban J connectivity index is 1.56. The second kappa shape index (κ2) is 7.04. The highest BCUT2D eigenvalue weighted by Gasteiger charge is 2.11. The van der Waals surface area contributed by atoms with Gasteiger partial charge in [0.25, 0.3) is 0 Å². The molecule has 0 aliphatic heterocycles. The lowest BCUT2D eigenvalue weighted by atomic mass is 10.1. The number of amides is 1. The SMILES string of the molecule is Cc1ccc(-c2noc(CCC(=O)Nc3ccc(F)cc3)n2)cc1. The zero-order chi connectivity index (χ0) is 16.9. The first-order valence-corrected chi connectivity index (χ1v) is 7.55. The number of carbonyl (C=O) groups excluding carboxylic acids is 1. The summed E-state index contributed by atoms with van der Waals surface area (Å²) in [5.41, 5.74) is 2.57. The molecule has 0 aliphatic carbocycles. The van der Waals surface area contributed by atoms with Gasteiger partial charge in [0, 0.05) is 24.1 Å². The largest absolute Gasteiger partial charge is 0.339 e. The maximum Gasteiger partial charge on any atom is 0.227 e. The molecular formula is C18H16FN3O2. The van der Waals surface area contributed by atoms with Crippen molar-refractivity contribution in [3.05, 3.63) is 65.8 Å². The van der Waals surface area contributed by atoms with Crippen molar-refractivity contribution < 1.29 is 13.7 Å². The third-order valence-electron chi connectivity index (χ3n) is 3.47. The standard InChI is InChI=1S/C18H16FN3O2/c1-12-2-4-13(5-3-12)18-21-17(24-22-18)11-10-16(23)20-15-8-6-14(19)7-9-15/h2-9H,10-11H2,1H3,(H,20,23). The number of aryl methyl sites for hydroxylation is 2. The van der Waals surface area contributed by atoms with Crippen LogP contribution >= 0.6 is 0 Å². The predicted octanol–water partition coefficient (Wildman–Crippen LogP) is 3.76. The van der Waals surface area contributed by atoms with Gasteiger partial charge in [0.1, 0.15) is 5.82 Å². The number of carbonyl (C=O) groups is 1. The average molecular weight is 325 g/mol. The van der Waals surface area contributed by atoms with Gasteiger partial charge in [-0.25, -0.2) is 4.39 Å². The molecule has 0 atom stereocenters. The molecule has 1 N–H and O–H groups in total. The Hall–Kier alpha value is -3.02. The number of hydrogen-bond acceptors (Lipinski definition) is 4. The van der Waals surface area contributed by atoms with E-state index in [1.807, 2.05) is 31.2 Å². The Kier molecular flexibility index (Phi) is 4.65. The molecule has 122 valence electrons. The molecule has 0 bridgehead atoms. The molecule has 1 amide bonds. The van der Waals surface area contributed by atoms with Crippen LogP contribution in [0.2, 0.25) is 0 Å². The van der Waals surface area contributed by atoms with E-state index in [-0.39, 0.29) is 18.1 Å². The molecule has 0 saturated heterocycles. The molecule has 5 nitrogen and oxygen atoms in total. The lowest BCUT2D eigenvalue weighted by Gasteiger charge is -2.03. The maximum atomic E-state index is 12.8. The van der Waals surface area contributed by atoms with Gasteiger partial charge < -0.3 is 9.84 Å². The Morgan fingerprint density at radius 2 is 1.83 bits per heavy atom. The van der Waals surface area contributed by atoms with Gasteiger partial charge >= 0.3 is 0 Å². The van der Waals surface area contributed by atoms with Crippen molar-refractivity contribution in [3.63, 3.8) is 0 Å². The summed E-state index contributed by atoms with van der Waals surface area (Å²) in [5.74, 6) is 0.364. The second-order valence-corrected chi connectivity index (χ2v) is 5.43. The van der Waals surface area contributed by atoms with E-state index in [0.717, 1.165) is 11.1 Å². The molecule has 24 heavy (non-hydrogen) atoms. The number of anilines is 1. The fraction of sp³-hybridized carbons (Fsp3) is 0.167. The van der Waals surface area contributed by atoms with E-state index >= 15 is 0 Å². The first-order chi connectivity index (χ1) is 11.6. The molecule has 0 saturated carbocycles. The summed E-state index contributed by atoms with van der Waals surface area (Å²) in [6.45, 7) is 2.01. The van der Waals surface area contributed by atoms with Crippen molar-refractivity contribution in [2.75, 3.05) is 5.32 Å². The number of nitrogens with one attached hydrogen (secondary N) is 1. The topological polar surface area (TPSA) is 68.0 Å². The molecule has 0 aliphatic rings. The molecule has 0 radical (unpaired) electrons. The summed E-state index contributed by atoms with van der Waals surface area (Å²) in [6, 6.07) is 13.4.